The second-order valence-corrected chi connectivity index (χ2v) is 5.31. The van der Waals surface area contributed by atoms with E-state index in [0.717, 1.165) is 21.3 Å². The lowest BCUT2D eigenvalue weighted by molar-refractivity contribution is 0.0597. The van der Waals surface area contributed by atoms with Crippen LogP contribution in [-0.4, -0.2) is 13.1 Å². The van der Waals surface area contributed by atoms with Gasteiger partial charge in [0.1, 0.15) is 12.4 Å². The molecule has 0 bridgehead atoms. The SMILES string of the molecule is COC(=O)c1cc(Br)ccc1COc1cccc(C)c1. The molecule has 0 aliphatic heterocycles. The molecule has 4 heteroatoms. The second kappa shape index (κ2) is 6.57. The number of aryl methyl sites for hydroxylation is 1. The second-order valence-electron chi connectivity index (χ2n) is 4.40. The van der Waals surface area contributed by atoms with Crippen LogP contribution in [0.3, 0.4) is 0 Å². The molecule has 0 saturated carbocycles. The Morgan fingerprint density at radius 2 is 2.00 bits per heavy atom. The number of esters is 1. The minimum atomic E-state index is -0.367. The highest BCUT2D eigenvalue weighted by Gasteiger charge is 2.12. The summed E-state index contributed by atoms with van der Waals surface area (Å²) in [5, 5.41) is 0. The van der Waals surface area contributed by atoms with Gasteiger partial charge in [-0.1, -0.05) is 34.1 Å². The Hall–Kier alpha value is -1.81. The van der Waals surface area contributed by atoms with Crippen LogP contribution in [0.5, 0.6) is 5.75 Å². The van der Waals surface area contributed by atoms with Crippen molar-refractivity contribution in [1.82, 2.24) is 0 Å². The highest BCUT2D eigenvalue weighted by atomic mass is 79.9. The Morgan fingerprint density at radius 1 is 1.20 bits per heavy atom. The fourth-order valence-electron chi connectivity index (χ4n) is 1.84. The molecule has 0 amide bonds. The number of carbonyl (C=O) groups excluding carboxylic acids is 1. The topological polar surface area (TPSA) is 35.5 Å². The normalized spacial score (nSPS) is 10.2. The van der Waals surface area contributed by atoms with Gasteiger partial charge in [-0.2, -0.15) is 0 Å². The van der Waals surface area contributed by atoms with Gasteiger partial charge in [0.25, 0.3) is 0 Å². The van der Waals surface area contributed by atoms with Gasteiger partial charge < -0.3 is 9.47 Å². The van der Waals surface area contributed by atoms with Gasteiger partial charge in [-0.15, -0.1) is 0 Å². The van der Waals surface area contributed by atoms with E-state index in [1.165, 1.54) is 7.11 Å². The van der Waals surface area contributed by atoms with Crippen molar-refractivity contribution in [3.8, 4) is 5.75 Å². The zero-order valence-electron chi connectivity index (χ0n) is 11.4. The summed E-state index contributed by atoms with van der Waals surface area (Å²) in [5.74, 6) is 0.415. The van der Waals surface area contributed by atoms with Crippen LogP contribution in [-0.2, 0) is 11.3 Å². The Balaban J connectivity index is 2.19. The monoisotopic (exact) mass is 334 g/mol. The Morgan fingerprint density at radius 3 is 2.70 bits per heavy atom. The molecule has 0 spiro atoms. The van der Waals surface area contributed by atoms with Crippen molar-refractivity contribution in [2.45, 2.75) is 13.5 Å². The van der Waals surface area contributed by atoms with E-state index in [1.54, 1.807) is 6.07 Å². The first-order valence-electron chi connectivity index (χ1n) is 6.16. The molecule has 2 aromatic rings. The first kappa shape index (κ1) is 14.6. The van der Waals surface area contributed by atoms with Gasteiger partial charge in [-0.3, -0.25) is 0 Å². The van der Waals surface area contributed by atoms with E-state index in [1.807, 2.05) is 43.3 Å². The van der Waals surface area contributed by atoms with Crippen LogP contribution in [0.2, 0.25) is 0 Å². The van der Waals surface area contributed by atoms with Crippen LogP contribution in [0.25, 0.3) is 0 Å². The average molecular weight is 335 g/mol. The van der Waals surface area contributed by atoms with Crippen molar-refractivity contribution in [2.24, 2.45) is 0 Å². The predicted octanol–water partition coefficient (Wildman–Crippen LogP) is 4.12. The molecule has 0 aliphatic carbocycles. The van der Waals surface area contributed by atoms with Crippen LogP contribution in [0.1, 0.15) is 21.5 Å². The first-order chi connectivity index (χ1) is 9.60. The Bertz CT molecular complexity index is 623. The molecular formula is C16H15BrO3. The number of ether oxygens (including phenoxy) is 2. The standard InChI is InChI=1S/C16H15BrO3/c1-11-4-3-5-14(8-11)20-10-12-6-7-13(17)9-15(12)16(18)19-2/h3-9H,10H2,1-2H3. The zero-order valence-corrected chi connectivity index (χ0v) is 12.9. The molecule has 3 nitrogen and oxygen atoms in total. The summed E-state index contributed by atoms with van der Waals surface area (Å²) in [4.78, 5) is 11.8. The summed E-state index contributed by atoms with van der Waals surface area (Å²) >= 11 is 3.35. The van der Waals surface area contributed by atoms with Crippen LogP contribution in [0.15, 0.2) is 46.9 Å². The number of rotatable bonds is 4. The molecule has 0 atom stereocenters. The minimum absolute atomic E-state index is 0.321. The summed E-state index contributed by atoms with van der Waals surface area (Å²) in [5.41, 5.74) is 2.43. The molecule has 0 heterocycles. The van der Waals surface area contributed by atoms with E-state index < -0.39 is 0 Å². The number of benzene rings is 2. The van der Waals surface area contributed by atoms with Crippen LogP contribution < -0.4 is 4.74 Å². The predicted molar refractivity (Wildman–Crippen MR) is 81.0 cm³/mol. The summed E-state index contributed by atoms with van der Waals surface area (Å²) in [6.45, 7) is 2.33. The number of methoxy groups -OCH3 is 1. The van der Waals surface area contributed by atoms with E-state index >= 15 is 0 Å². The first-order valence-corrected chi connectivity index (χ1v) is 6.95. The third-order valence-corrected chi connectivity index (χ3v) is 3.35. The van der Waals surface area contributed by atoms with Gasteiger partial charge in [-0.05, 0) is 36.8 Å². The highest BCUT2D eigenvalue weighted by Crippen LogP contribution is 2.20. The molecular weight excluding hydrogens is 320 g/mol. The summed E-state index contributed by atoms with van der Waals surface area (Å²) in [7, 11) is 1.37. The van der Waals surface area contributed by atoms with Crippen molar-refractivity contribution in [3.63, 3.8) is 0 Å². The average Bonchev–Trinajstić information content (AvgIpc) is 2.45. The van der Waals surface area contributed by atoms with Crippen LogP contribution in [0.4, 0.5) is 0 Å². The van der Waals surface area contributed by atoms with Gasteiger partial charge in [0.2, 0.25) is 0 Å². The molecule has 0 aliphatic rings. The van der Waals surface area contributed by atoms with E-state index in [9.17, 15) is 4.79 Å². The third kappa shape index (κ3) is 3.61. The molecule has 0 unspecified atom stereocenters. The molecule has 2 aromatic carbocycles. The lowest BCUT2D eigenvalue weighted by Crippen LogP contribution is -2.08. The van der Waals surface area contributed by atoms with Gasteiger partial charge in [0.15, 0.2) is 0 Å². The smallest absolute Gasteiger partial charge is 0.338 e. The van der Waals surface area contributed by atoms with E-state index in [2.05, 4.69) is 15.9 Å². The van der Waals surface area contributed by atoms with Crippen molar-refractivity contribution < 1.29 is 14.3 Å². The fraction of sp³-hybridized carbons (Fsp3) is 0.188. The number of hydrogen-bond acceptors (Lipinski definition) is 3. The molecule has 0 saturated heterocycles. The van der Waals surface area contributed by atoms with Crippen molar-refractivity contribution >= 4 is 21.9 Å². The van der Waals surface area contributed by atoms with Gasteiger partial charge in [0, 0.05) is 10.0 Å². The highest BCUT2D eigenvalue weighted by molar-refractivity contribution is 9.10. The zero-order chi connectivity index (χ0) is 14.5. The number of hydrogen-bond donors (Lipinski definition) is 0. The lowest BCUT2D eigenvalue weighted by Gasteiger charge is -2.11. The third-order valence-electron chi connectivity index (χ3n) is 2.86. The van der Waals surface area contributed by atoms with Gasteiger partial charge in [-0.25, -0.2) is 4.79 Å². The molecule has 104 valence electrons. The lowest BCUT2D eigenvalue weighted by atomic mass is 10.1. The molecule has 2 rings (SSSR count). The maximum Gasteiger partial charge on any atom is 0.338 e. The molecule has 0 radical (unpaired) electrons. The maximum absolute atomic E-state index is 11.8. The van der Waals surface area contributed by atoms with Crippen molar-refractivity contribution in [2.75, 3.05) is 7.11 Å². The summed E-state index contributed by atoms with van der Waals surface area (Å²) < 4.78 is 11.3. The Labute approximate surface area is 126 Å². The minimum Gasteiger partial charge on any atom is -0.489 e. The molecule has 0 fully saturated rings. The van der Waals surface area contributed by atoms with Gasteiger partial charge in [0.05, 0.1) is 12.7 Å². The van der Waals surface area contributed by atoms with Crippen molar-refractivity contribution in [3.05, 3.63) is 63.6 Å². The molecule has 0 aromatic heterocycles. The van der Waals surface area contributed by atoms with E-state index in [0.29, 0.717) is 12.2 Å². The summed E-state index contributed by atoms with van der Waals surface area (Å²) in [6, 6.07) is 13.3. The number of carbonyl (C=O) groups is 1. The van der Waals surface area contributed by atoms with Crippen LogP contribution >= 0.6 is 15.9 Å². The van der Waals surface area contributed by atoms with Crippen LogP contribution in [0, 0.1) is 6.92 Å². The van der Waals surface area contributed by atoms with Gasteiger partial charge >= 0.3 is 5.97 Å². The summed E-state index contributed by atoms with van der Waals surface area (Å²) in [6.07, 6.45) is 0. The molecule has 0 N–H and O–H groups in total. The number of halogens is 1. The van der Waals surface area contributed by atoms with E-state index in [-0.39, 0.29) is 5.97 Å². The van der Waals surface area contributed by atoms with E-state index in [4.69, 9.17) is 9.47 Å². The maximum atomic E-state index is 11.8. The molecule has 20 heavy (non-hydrogen) atoms. The Kier molecular flexibility index (Phi) is 4.79. The van der Waals surface area contributed by atoms with Crippen molar-refractivity contribution in [1.29, 1.82) is 0 Å². The fourth-order valence-corrected chi connectivity index (χ4v) is 2.20. The quantitative estimate of drug-likeness (QED) is 0.789. The largest absolute Gasteiger partial charge is 0.489 e.